The summed E-state index contributed by atoms with van der Waals surface area (Å²) in [5.41, 5.74) is 6.11. The Morgan fingerprint density at radius 1 is 0.783 bits per heavy atom. The first-order valence-corrected chi connectivity index (χ1v) is 8.04. The quantitative estimate of drug-likeness (QED) is 0.668. The van der Waals surface area contributed by atoms with Crippen LogP contribution in [-0.2, 0) is 6.54 Å². The van der Waals surface area contributed by atoms with Crippen molar-refractivity contribution in [2.45, 2.75) is 13.5 Å². The van der Waals surface area contributed by atoms with Crippen molar-refractivity contribution in [2.24, 2.45) is 0 Å². The molecule has 1 aromatic heterocycles. The van der Waals surface area contributed by atoms with Crippen molar-refractivity contribution >= 4 is 0 Å². The van der Waals surface area contributed by atoms with Crippen LogP contribution in [0.5, 0.6) is 0 Å². The van der Waals surface area contributed by atoms with E-state index in [1.807, 2.05) is 18.5 Å². The van der Waals surface area contributed by atoms with Crippen LogP contribution in [0.15, 0.2) is 73.1 Å². The highest BCUT2D eigenvalue weighted by Gasteiger charge is 2.03. The van der Waals surface area contributed by atoms with E-state index in [9.17, 15) is 0 Å². The van der Waals surface area contributed by atoms with Gasteiger partial charge in [-0.1, -0.05) is 61.5 Å². The molecule has 0 radical (unpaired) electrons. The van der Waals surface area contributed by atoms with Gasteiger partial charge in [0, 0.05) is 24.5 Å². The molecule has 0 spiro atoms. The van der Waals surface area contributed by atoms with Crippen LogP contribution in [0.3, 0.4) is 0 Å². The van der Waals surface area contributed by atoms with Gasteiger partial charge in [0.25, 0.3) is 0 Å². The molecular weight excluding hydrogens is 280 g/mol. The second kappa shape index (κ2) is 7.21. The molecule has 2 nitrogen and oxygen atoms in total. The number of nitrogens with zero attached hydrogens (tertiary/aromatic N) is 2. The molecule has 0 N–H and O–H groups in total. The summed E-state index contributed by atoms with van der Waals surface area (Å²) in [6, 6.07) is 21.4. The molecule has 0 aliphatic heterocycles. The summed E-state index contributed by atoms with van der Waals surface area (Å²) in [4.78, 5) is 6.68. The summed E-state index contributed by atoms with van der Waals surface area (Å²) < 4.78 is 0. The van der Waals surface area contributed by atoms with Gasteiger partial charge in [-0.2, -0.15) is 0 Å². The third-order valence-corrected chi connectivity index (χ3v) is 4.11. The third kappa shape index (κ3) is 3.85. The van der Waals surface area contributed by atoms with E-state index in [1.165, 1.54) is 27.8 Å². The Hall–Kier alpha value is -2.45. The van der Waals surface area contributed by atoms with E-state index in [0.717, 1.165) is 13.1 Å². The lowest BCUT2D eigenvalue weighted by molar-refractivity contribution is 0.345. The van der Waals surface area contributed by atoms with Crippen LogP contribution < -0.4 is 0 Å². The largest absolute Gasteiger partial charge is 0.302 e. The zero-order valence-electron chi connectivity index (χ0n) is 13.7. The number of hydrogen-bond acceptors (Lipinski definition) is 2. The average Bonchev–Trinajstić information content (AvgIpc) is 2.63. The minimum Gasteiger partial charge on any atom is -0.302 e. The van der Waals surface area contributed by atoms with Crippen molar-refractivity contribution in [3.05, 3.63) is 78.6 Å². The fourth-order valence-electron chi connectivity index (χ4n) is 2.64. The van der Waals surface area contributed by atoms with E-state index in [-0.39, 0.29) is 0 Å². The number of rotatable bonds is 5. The standard InChI is InChI=1S/C21H22N2/c1-3-23(2)16-17-13-21(15-22-14-17)20-11-9-19(10-12-20)18-7-5-4-6-8-18/h4-15H,3,16H2,1-2H3. The van der Waals surface area contributed by atoms with Crippen molar-refractivity contribution in [3.63, 3.8) is 0 Å². The van der Waals surface area contributed by atoms with Gasteiger partial charge in [-0.3, -0.25) is 4.98 Å². The summed E-state index contributed by atoms with van der Waals surface area (Å²) >= 11 is 0. The molecule has 3 aromatic rings. The van der Waals surface area contributed by atoms with E-state index in [2.05, 4.69) is 78.5 Å². The lowest BCUT2D eigenvalue weighted by Crippen LogP contribution is -2.16. The molecule has 0 unspecified atom stereocenters. The van der Waals surface area contributed by atoms with Crippen molar-refractivity contribution < 1.29 is 0 Å². The second-order valence-corrected chi connectivity index (χ2v) is 5.86. The minimum absolute atomic E-state index is 0.930. The fourth-order valence-corrected chi connectivity index (χ4v) is 2.64. The van der Waals surface area contributed by atoms with Crippen molar-refractivity contribution in [1.82, 2.24) is 9.88 Å². The number of hydrogen-bond donors (Lipinski definition) is 0. The fraction of sp³-hybridized carbons (Fsp3) is 0.190. The van der Waals surface area contributed by atoms with Crippen LogP contribution in [0.25, 0.3) is 22.3 Å². The predicted molar refractivity (Wildman–Crippen MR) is 97.1 cm³/mol. The van der Waals surface area contributed by atoms with Gasteiger partial charge < -0.3 is 4.90 Å². The Kier molecular flexibility index (Phi) is 4.84. The normalized spacial score (nSPS) is 10.9. The molecule has 0 amide bonds. The molecule has 0 aliphatic carbocycles. The van der Waals surface area contributed by atoms with Gasteiger partial charge >= 0.3 is 0 Å². The predicted octanol–water partition coefficient (Wildman–Crippen LogP) is 4.87. The zero-order valence-corrected chi connectivity index (χ0v) is 13.7. The highest BCUT2D eigenvalue weighted by molar-refractivity contribution is 5.70. The summed E-state index contributed by atoms with van der Waals surface area (Å²) in [7, 11) is 2.13. The summed E-state index contributed by atoms with van der Waals surface area (Å²) in [5.74, 6) is 0. The molecule has 0 aliphatic rings. The van der Waals surface area contributed by atoms with Crippen LogP contribution >= 0.6 is 0 Å². The Labute approximate surface area is 138 Å². The monoisotopic (exact) mass is 302 g/mol. The van der Waals surface area contributed by atoms with Crippen molar-refractivity contribution in [3.8, 4) is 22.3 Å². The minimum atomic E-state index is 0.930. The summed E-state index contributed by atoms with van der Waals surface area (Å²) in [6.07, 6.45) is 3.89. The molecule has 2 heteroatoms. The molecule has 3 rings (SSSR count). The van der Waals surface area contributed by atoms with Crippen LogP contribution in [0, 0.1) is 0 Å². The molecule has 0 bridgehead atoms. The van der Waals surface area contributed by atoms with Crippen molar-refractivity contribution in [1.29, 1.82) is 0 Å². The number of pyridine rings is 1. The van der Waals surface area contributed by atoms with Crippen LogP contribution in [-0.4, -0.2) is 23.5 Å². The molecule has 116 valence electrons. The zero-order chi connectivity index (χ0) is 16.1. The second-order valence-electron chi connectivity index (χ2n) is 5.86. The first-order chi connectivity index (χ1) is 11.3. The van der Waals surface area contributed by atoms with Gasteiger partial charge in [0.2, 0.25) is 0 Å². The SMILES string of the molecule is CCN(C)Cc1cncc(-c2ccc(-c3ccccc3)cc2)c1. The number of benzene rings is 2. The molecule has 0 saturated heterocycles. The smallest absolute Gasteiger partial charge is 0.0346 e. The van der Waals surface area contributed by atoms with E-state index < -0.39 is 0 Å². The van der Waals surface area contributed by atoms with E-state index in [0.29, 0.717) is 0 Å². The van der Waals surface area contributed by atoms with E-state index >= 15 is 0 Å². The molecule has 0 fully saturated rings. The maximum atomic E-state index is 4.40. The van der Waals surface area contributed by atoms with Gasteiger partial charge in [0.1, 0.15) is 0 Å². The highest BCUT2D eigenvalue weighted by atomic mass is 15.1. The molecule has 0 atom stereocenters. The maximum Gasteiger partial charge on any atom is 0.0346 e. The van der Waals surface area contributed by atoms with Crippen LogP contribution in [0.2, 0.25) is 0 Å². The Morgan fingerprint density at radius 2 is 1.39 bits per heavy atom. The number of aromatic nitrogens is 1. The molecule has 23 heavy (non-hydrogen) atoms. The summed E-state index contributed by atoms with van der Waals surface area (Å²) in [6.45, 7) is 4.13. The first kappa shape index (κ1) is 15.4. The first-order valence-electron chi connectivity index (χ1n) is 8.04. The van der Waals surface area contributed by atoms with Crippen molar-refractivity contribution in [2.75, 3.05) is 13.6 Å². The molecular formula is C21H22N2. The molecule has 0 saturated carbocycles. The topological polar surface area (TPSA) is 16.1 Å². The summed E-state index contributed by atoms with van der Waals surface area (Å²) in [5, 5.41) is 0. The third-order valence-electron chi connectivity index (χ3n) is 4.11. The molecule has 2 aromatic carbocycles. The average molecular weight is 302 g/mol. The molecule has 1 heterocycles. The Bertz CT molecular complexity index is 748. The van der Waals surface area contributed by atoms with Gasteiger partial charge in [-0.25, -0.2) is 0 Å². The van der Waals surface area contributed by atoms with Gasteiger partial charge in [0.05, 0.1) is 0 Å². The maximum absolute atomic E-state index is 4.40. The lowest BCUT2D eigenvalue weighted by Gasteiger charge is -2.14. The lowest BCUT2D eigenvalue weighted by atomic mass is 10.0. The van der Waals surface area contributed by atoms with Gasteiger partial charge in [-0.15, -0.1) is 0 Å². The van der Waals surface area contributed by atoms with Gasteiger partial charge in [0.15, 0.2) is 0 Å². The van der Waals surface area contributed by atoms with Crippen LogP contribution in [0.4, 0.5) is 0 Å². The van der Waals surface area contributed by atoms with E-state index in [4.69, 9.17) is 0 Å². The van der Waals surface area contributed by atoms with Crippen LogP contribution in [0.1, 0.15) is 12.5 Å². The Balaban J connectivity index is 1.83. The highest BCUT2D eigenvalue weighted by Crippen LogP contribution is 2.25. The van der Waals surface area contributed by atoms with Gasteiger partial charge in [-0.05, 0) is 41.9 Å². The van der Waals surface area contributed by atoms with E-state index in [1.54, 1.807) is 0 Å². The Morgan fingerprint density at radius 3 is 2.04 bits per heavy atom.